The molecule has 100 valence electrons. The fraction of sp³-hybridized carbons (Fsp3) is 0.154. The van der Waals surface area contributed by atoms with Crippen molar-refractivity contribution in [2.75, 3.05) is 0 Å². The van der Waals surface area contributed by atoms with Crippen LogP contribution in [0.2, 0.25) is 0 Å². The summed E-state index contributed by atoms with van der Waals surface area (Å²) in [5.41, 5.74) is 0.127. The molecule has 0 spiro atoms. The molecule has 2 aromatic rings. The molecule has 0 N–H and O–H groups in total. The van der Waals surface area contributed by atoms with Gasteiger partial charge < -0.3 is 0 Å². The highest BCUT2D eigenvalue weighted by Crippen LogP contribution is 2.30. The third kappa shape index (κ3) is 3.45. The van der Waals surface area contributed by atoms with E-state index in [9.17, 15) is 18.0 Å². The summed E-state index contributed by atoms with van der Waals surface area (Å²) in [6.45, 7) is 0. The molecule has 19 heavy (non-hydrogen) atoms. The summed E-state index contributed by atoms with van der Waals surface area (Å²) in [5, 5.41) is 3.44. The standard InChI is InChI=1S/C13H8BrF3OS/c14-11-7-19-6-10(11)12(18)5-8-2-1-3-9(4-8)13(15,16)17/h1-4,6-7H,5H2. The highest BCUT2D eigenvalue weighted by atomic mass is 79.9. The van der Waals surface area contributed by atoms with Crippen LogP contribution in [0, 0.1) is 0 Å². The molecule has 0 unspecified atom stereocenters. The summed E-state index contributed by atoms with van der Waals surface area (Å²) in [6.07, 6.45) is -4.43. The number of Topliss-reactive ketones (excluding diaryl/α,β-unsaturated/α-hetero) is 1. The zero-order valence-corrected chi connectivity index (χ0v) is 11.9. The molecule has 0 aliphatic heterocycles. The number of rotatable bonds is 3. The minimum Gasteiger partial charge on any atom is -0.294 e. The van der Waals surface area contributed by atoms with Gasteiger partial charge in [-0.05, 0) is 27.6 Å². The number of carbonyl (C=O) groups excluding carboxylic acids is 1. The second kappa shape index (κ2) is 5.46. The predicted octanol–water partition coefficient (Wildman–Crippen LogP) is 4.95. The van der Waals surface area contributed by atoms with Crippen molar-refractivity contribution in [3.63, 3.8) is 0 Å². The molecule has 0 fully saturated rings. The Morgan fingerprint density at radius 2 is 2.00 bits per heavy atom. The Morgan fingerprint density at radius 1 is 1.26 bits per heavy atom. The highest BCUT2D eigenvalue weighted by molar-refractivity contribution is 9.10. The van der Waals surface area contributed by atoms with Gasteiger partial charge in [-0.1, -0.05) is 18.2 Å². The molecule has 6 heteroatoms. The average Bonchev–Trinajstić information content (AvgIpc) is 2.75. The summed E-state index contributed by atoms with van der Waals surface area (Å²) in [5.74, 6) is -0.201. The van der Waals surface area contributed by atoms with Crippen molar-refractivity contribution in [2.24, 2.45) is 0 Å². The Hall–Kier alpha value is -1.14. The van der Waals surface area contributed by atoms with E-state index in [1.54, 1.807) is 10.8 Å². The van der Waals surface area contributed by atoms with Gasteiger partial charge in [-0.25, -0.2) is 0 Å². The van der Waals surface area contributed by atoms with Crippen LogP contribution in [-0.2, 0) is 12.6 Å². The minimum absolute atomic E-state index is 0.0424. The van der Waals surface area contributed by atoms with Gasteiger partial charge in [0.2, 0.25) is 0 Å². The molecule has 2 rings (SSSR count). The Labute approximate surface area is 120 Å². The first kappa shape index (κ1) is 14.3. The van der Waals surface area contributed by atoms with E-state index in [1.807, 2.05) is 0 Å². The lowest BCUT2D eigenvalue weighted by molar-refractivity contribution is -0.137. The van der Waals surface area contributed by atoms with Crippen LogP contribution in [0.25, 0.3) is 0 Å². The topological polar surface area (TPSA) is 17.1 Å². The first-order valence-electron chi connectivity index (χ1n) is 5.29. The number of hydrogen-bond donors (Lipinski definition) is 0. The van der Waals surface area contributed by atoms with E-state index in [-0.39, 0.29) is 12.2 Å². The maximum atomic E-state index is 12.6. The van der Waals surface area contributed by atoms with E-state index in [4.69, 9.17) is 0 Å². The second-order valence-corrected chi connectivity index (χ2v) is 5.53. The SMILES string of the molecule is O=C(Cc1cccc(C(F)(F)F)c1)c1cscc1Br. The number of thiophene rings is 1. The smallest absolute Gasteiger partial charge is 0.294 e. The number of carbonyl (C=O) groups is 1. The Kier molecular flexibility index (Phi) is 4.10. The van der Waals surface area contributed by atoms with Crippen LogP contribution in [0.1, 0.15) is 21.5 Å². The zero-order valence-electron chi connectivity index (χ0n) is 9.50. The van der Waals surface area contributed by atoms with E-state index < -0.39 is 11.7 Å². The van der Waals surface area contributed by atoms with Crippen LogP contribution < -0.4 is 0 Å². The fourth-order valence-corrected chi connectivity index (χ4v) is 3.14. The van der Waals surface area contributed by atoms with Gasteiger partial charge in [-0.15, -0.1) is 0 Å². The number of halogens is 4. The molecular formula is C13H8BrF3OS. The first-order valence-corrected chi connectivity index (χ1v) is 7.02. The van der Waals surface area contributed by atoms with Crippen LogP contribution in [0.3, 0.4) is 0 Å². The van der Waals surface area contributed by atoms with E-state index in [2.05, 4.69) is 15.9 Å². The lowest BCUT2D eigenvalue weighted by atomic mass is 10.0. The van der Waals surface area contributed by atoms with E-state index >= 15 is 0 Å². The summed E-state index contributed by atoms with van der Waals surface area (Å²) in [7, 11) is 0. The quantitative estimate of drug-likeness (QED) is 0.717. The average molecular weight is 349 g/mol. The van der Waals surface area contributed by atoms with Gasteiger partial charge in [0.25, 0.3) is 0 Å². The second-order valence-electron chi connectivity index (χ2n) is 3.93. The minimum atomic E-state index is -4.39. The van der Waals surface area contributed by atoms with E-state index in [1.165, 1.54) is 23.5 Å². The fourth-order valence-electron chi connectivity index (χ4n) is 1.62. The first-order chi connectivity index (χ1) is 8.88. The number of ketones is 1. The third-order valence-electron chi connectivity index (χ3n) is 2.53. The summed E-state index contributed by atoms with van der Waals surface area (Å²) in [6, 6.07) is 4.84. The number of hydrogen-bond acceptors (Lipinski definition) is 2. The largest absolute Gasteiger partial charge is 0.416 e. The lowest BCUT2D eigenvalue weighted by Gasteiger charge is -2.08. The summed E-state index contributed by atoms with van der Waals surface area (Å²) in [4.78, 5) is 12.0. The van der Waals surface area contributed by atoms with Crippen LogP contribution in [0.4, 0.5) is 13.2 Å². The molecule has 0 saturated carbocycles. The van der Waals surface area contributed by atoms with E-state index in [0.717, 1.165) is 12.1 Å². The highest BCUT2D eigenvalue weighted by Gasteiger charge is 2.30. The van der Waals surface area contributed by atoms with Gasteiger partial charge in [0, 0.05) is 27.2 Å². The Balaban J connectivity index is 2.21. The van der Waals surface area contributed by atoms with Crippen LogP contribution in [0.15, 0.2) is 39.5 Å². The molecule has 1 aromatic carbocycles. The molecule has 0 bridgehead atoms. The molecule has 1 aromatic heterocycles. The lowest BCUT2D eigenvalue weighted by Crippen LogP contribution is -2.07. The van der Waals surface area contributed by atoms with Gasteiger partial charge in [-0.2, -0.15) is 24.5 Å². The van der Waals surface area contributed by atoms with E-state index in [0.29, 0.717) is 15.6 Å². The van der Waals surface area contributed by atoms with Crippen LogP contribution >= 0.6 is 27.3 Å². The van der Waals surface area contributed by atoms with Crippen molar-refractivity contribution >= 4 is 33.0 Å². The molecule has 0 aliphatic rings. The van der Waals surface area contributed by atoms with Crippen molar-refractivity contribution in [3.05, 3.63) is 56.2 Å². The maximum Gasteiger partial charge on any atom is 0.416 e. The van der Waals surface area contributed by atoms with Gasteiger partial charge >= 0.3 is 6.18 Å². The van der Waals surface area contributed by atoms with Crippen molar-refractivity contribution in [1.82, 2.24) is 0 Å². The zero-order chi connectivity index (χ0) is 14.0. The molecule has 0 atom stereocenters. The predicted molar refractivity (Wildman–Crippen MR) is 71.5 cm³/mol. The molecule has 0 radical (unpaired) electrons. The summed E-state index contributed by atoms with van der Waals surface area (Å²) >= 11 is 4.60. The Bertz CT molecular complexity index is 604. The van der Waals surface area contributed by atoms with Crippen LogP contribution in [0.5, 0.6) is 0 Å². The Morgan fingerprint density at radius 3 is 2.58 bits per heavy atom. The molecule has 0 saturated heterocycles. The van der Waals surface area contributed by atoms with Gasteiger partial charge in [0.15, 0.2) is 5.78 Å². The third-order valence-corrected chi connectivity index (χ3v) is 4.24. The van der Waals surface area contributed by atoms with Crippen molar-refractivity contribution in [3.8, 4) is 0 Å². The number of benzene rings is 1. The van der Waals surface area contributed by atoms with Crippen molar-refractivity contribution < 1.29 is 18.0 Å². The maximum absolute atomic E-state index is 12.6. The monoisotopic (exact) mass is 348 g/mol. The molecule has 0 aliphatic carbocycles. The van der Waals surface area contributed by atoms with Crippen molar-refractivity contribution in [1.29, 1.82) is 0 Å². The molecular weight excluding hydrogens is 341 g/mol. The van der Waals surface area contributed by atoms with Gasteiger partial charge in [-0.3, -0.25) is 4.79 Å². The van der Waals surface area contributed by atoms with Crippen molar-refractivity contribution in [2.45, 2.75) is 12.6 Å². The van der Waals surface area contributed by atoms with Crippen LogP contribution in [-0.4, -0.2) is 5.78 Å². The summed E-state index contributed by atoms with van der Waals surface area (Å²) < 4.78 is 38.3. The van der Waals surface area contributed by atoms with Gasteiger partial charge in [0.1, 0.15) is 0 Å². The van der Waals surface area contributed by atoms with Gasteiger partial charge in [0.05, 0.1) is 5.56 Å². The molecule has 0 amide bonds. The number of alkyl halides is 3. The molecule has 1 heterocycles. The normalized spacial score (nSPS) is 11.6. The molecule has 1 nitrogen and oxygen atoms in total.